The van der Waals surface area contributed by atoms with Gasteiger partial charge in [0.15, 0.2) is 0 Å². The largest absolute Gasteiger partial charge is 0.424 e. The zero-order valence-corrected chi connectivity index (χ0v) is 15.2. The Bertz CT molecular complexity index is 850. The summed E-state index contributed by atoms with van der Waals surface area (Å²) in [4.78, 5) is 4.64. The summed E-state index contributed by atoms with van der Waals surface area (Å²) in [5.41, 5.74) is 2.23. The highest BCUT2D eigenvalue weighted by Gasteiger charge is 2.18. The molecule has 140 valence electrons. The molecule has 6 heteroatoms. The molecule has 0 radical (unpaired) electrons. The van der Waals surface area contributed by atoms with Gasteiger partial charge in [-0.05, 0) is 36.2 Å². The summed E-state index contributed by atoms with van der Waals surface area (Å²) in [5.74, 6) is 1.12. The Morgan fingerprint density at radius 3 is 2.44 bits per heavy atom. The summed E-state index contributed by atoms with van der Waals surface area (Å²) in [6.45, 7) is 4.42. The molecule has 0 N–H and O–H groups in total. The van der Waals surface area contributed by atoms with E-state index in [-0.39, 0.29) is 5.82 Å². The maximum absolute atomic E-state index is 13.1. The number of hydrogen-bond donors (Lipinski definition) is 0. The first-order valence-corrected chi connectivity index (χ1v) is 9.34. The van der Waals surface area contributed by atoms with Gasteiger partial charge in [-0.25, -0.2) is 4.39 Å². The summed E-state index contributed by atoms with van der Waals surface area (Å²) < 4.78 is 19.0. The Kier molecular flexibility index (Phi) is 5.44. The predicted octanol–water partition coefficient (Wildman–Crippen LogP) is 3.51. The smallest absolute Gasteiger partial charge is 0.230 e. The van der Waals surface area contributed by atoms with Crippen LogP contribution in [-0.2, 0) is 13.0 Å². The summed E-state index contributed by atoms with van der Waals surface area (Å²) in [7, 11) is 0. The highest BCUT2D eigenvalue weighted by atomic mass is 19.1. The van der Waals surface area contributed by atoms with E-state index in [9.17, 15) is 4.39 Å². The van der Waals surface area contributed by atoms with Crippen LogP contribution in [0.25, 0.3) is 0 Å². The fourth-order valence-corrected chi connectivity index (χ4v) is 3.42. The molecule has 0 aliphatic carbocycles. The molecule has 0 unspecified atom stereocenters. The molecule has 1 aliphatic rings. The monoisotopic (exact) mass is 366 g/mol. The van der Waals surface area contributed by atoms with Gasteiger partial charge in [0, 0.05) is 31.9 Å². The quantitative estimate of drug-likeness (QED) is 0.691. The average Bonchev–Trinajstić information content (AvgIpc) is 2.99. The van der Waals surface area contributed by atoms with Crippen molar-refractivity contribution in [2.24, 2.45) is 0 Å². The highest BCUT2D eigenvalue weighted by Crippen LogP contribution is 2.18. The summed E-state index contributed by atoms with van der Waals surface area (Å²) >= 11 is 0. The van der Waals surface area contributed by atoms with Crippen molar-refractivity contribution < 1.29 is 8.81 Å². The molecule has 2 aromatic carbocycles. The van der Waals surface area contributed by atoms with Crippen molar-refractivity contribution in [3.63, 3.8) is 0 Å². The maximum atomic E-state index is 13.1. The Morgan fingerprint density at radius 1 is 0.852 bits per heavy atom. The Morgan fingerprint density at radius 2 is 1.63 bits per heavy atom. The lowest BCUT2D eigenvalue weighted by Gasteiger charge is -2.23. The minimum absolute atomic E-state index is 0.196. The number of benzene rings is 2. The first-order valence-electron chi connectivity index (χ1n) is 9.34. The van der Waals surface area contributed by atoms with Gasteiger partial charge in [-0.1, -0.05) is 30.3 Å². The van der Waals surface area contributed by atoms with E-state index in [1.807, 2.05) is 30.3 Å². The second-order valence-electron chi connectivity index (χ2n) is 6.85. The zero-order valence-electron chi connectivity index (χ0n) is 15.2. The van der Waals surface area contributed by atoms with Crippen molar-refractivity contribution in [2.75, 3.05) is 31.1 Å². The number of halogens is 1. The Hall–Kier alpha value is -2.73. The molecule has 27 heavy (non-hydrogen) atoms. The van der Waals surface area contributed by atoms with E-state index in [4.69, 9.17) is 4.42 Å². The number of rotatable bonds is 5. The molecule has 2 heterocycles. The lowest BCUT2D eigenvalue weighted by Crippen LogP contribution is -2.30. The Labute approximate surface area is 158 Å². The van der Waals surface area contributed by atoms with E-state index < -0.39 is 0 Å². The summed E-state index contributed by atoms with van der Waals surface area (Å²) in [6.07, 6.45) is 1.70. The molecule has 0 spiro atoms. The molecule has 0 atom stereocenters. The minimum atomic E-state index is -0.196. The van der Waals surface area contributed by atoms with Gasteiger partial charge in [0.2, 0.25) is 11.8 Å². The van der Waals surface area contributed by atoms with E-state index in [0.29, 0.717) is 24.7 Å². The number of anilines is 1. The number of nitrogens with zero attached hydrogens (tertiary/aromatic N) is 4. The molecule has 4 rings (SSSR count). The second kappa shape index (κ2) is 8.31. The van der Waals surface area contributed by atoms with Gasteiger partial charge < -0.3 is 9.32 Å². The van der Waals surface area contributed by atoms with Crippen molar-refractivity contribution in [3.05, 3.63) is 77.8 Å². The number of hydrogen-bond acceptors (Lipinski definition) is 5. The van der Waals surface area contributed by atoms with Gasteiger partial charge in [0.05, 0.1) is 13.0 Å². The van der Waals surface area contributed by atoms with Crippen LogP contribution in [-0.4, -0.2) is 41.3 Å². The topological polar surface area (TPSA) is 45.4 Å². The molecule has 5 nitrogen and oxygen atoms in total. The van der Waals surface area contributed by atoms with Crippen molar-refractivity contribution >= 4 is 5.69 Å². The second-order valence-corrected chi connectivity index (χ2v) is 6.85. The van der Waals surface area contributed by atoms with Crippen LogP contribution in [0.4, 0.5) is 10.1 Å². The third-order valence-electron chi connectivity index (χ3n) is 4.85. The summed E-state index contributed by atoms with van der Waals surface area (Å²) in [5, 5.41) is 8.39. The molecule has 0 saturated carbocycles. The van der Waals surface area contributed by atoms with Crippen LogP contribution in [0.2, 0.25) is 0 Å². The van der Waals surface area contributed by atoms with Gasteiger partial charge in [0.25, 0.3) is 0 Å². The molecular formula is C21H23FN4O. The lowest BCUT2D eigenvalue weighted by molar-refractivity contribution is 0.252. The van der Waals surface area contributed by atoms with Crippen LogP contribution < -0.4 is 4.90 Å². The van der Waals surface area contributed by atoms with E-state index in [1.54, 1.807) is 0 Å². The number of aromatic nitrogens is 2. The van der Waals surface area contributed by atoms with Crippen LogP contribution in [0.15, 0.2) is 59.0 Å². The van der Waals surface area contributed by atoms with Gasteiger partial charge in [0.1, 0.15) is 5.82 Å². The van der Waals surface area contributed by atoms with Gasteiger partial charge in [-0.3, -0.25) is 4.90 Å². The van der Waals surface area contributed by atoms with E-state index >= 15 is 0 Å². The molecule has 0 amide bonds. The molecule has 1 saturated heterocycles. The summed E-state index contributed by atoms with van der Waals surface area (Å²) in [6, 6.07) is 16.9. The normalized spacial score (nSPS) is 15.7. The zero-order chi connectivity index (χ0) is 18.5. The standard InChI is InChI=1S/C21H23FN4O/c22-18-7-9-19(10-8-18)26-12-4-11-25(13-14-26)16-21-24-23-20(27-21)15-17-5-2-1-3-6-17/h1-3,5-10H,4,11-16H2. The van der Waals surface area contributed by atoms with Gasteiger partial charge in [-0.15, -0.1) is 10.2 Å². The lowest BCUT2D eigenvalue weighted by atomic mass is 10.2. The van der Waals surface area contributed by atoms with Crippen LogP contribution in [0.3, 0.4) is 0 Å². The molecule has 1 aliphatic heterocycles. The van der Waals surface area contributed by atoms with Crippen molar-refractivity contribution in [1.82, 2.24) is 15.1 Å². The third kappa shape index (κ3) is 4.71. The van der Waals surface area contributed by atoms with Crippen LogP contribution in [0.1, 0.15) is 23.8 Å². The van der Waals surface area contributed by atoms with Gasteiger partial charge >= 0.3 is 0 Å². The highest BCUT2D eigenvalue weighted by molar-refractivity contribution is 5.46. The van der Waals surface area contributed by atoms with E-state index in [1.165, 1.54) is 12.1 Å². The van der Waals surface area contributed by atoms with E-state index in [2.05, 4.69) is 32.1 Å². The van der Waals surface area contributed by atoms with Crippen molar-refractivity contribution in [3.8, 4) is 0 Å². The van der Waals surface area contributed by atoms with Crippen molar-refractivity contribution in [2.45, 2.75) is 19.4 Å². The van der Waals surface area contributed by atoms with Crippen molar-refractivity contribution in [1.29, 1.82) is 0 Å². The molecule has 1 fully saturated rings. The van der Waals surface area contributed by atoms with E-state index in [0.717, 1.165) is 43.9 Å². The third-order valence-corrected chi connectivity index (χ3v) is 4.85. The van der Waals surface area contributed by atoms with Gasteiger partial charge in [-0.2, -0.15) is 0 Å². The fourth-order valence-electron chi connectivity index (χ4n) is 3.42. The average molecular weight is 366 g/mol. The molecule has 0 bridgehead atoms. The fraction of sp³-hybridized carbons (Fsp3) is 0.333. The first-order chi connectivity index (χ1) is 13.3. The molecule has 1 aromatic heterocycles. The molecular weight excluding hydrogens is 343 g/mol. The SMILES string of the molecule is Fc1ccc(N2CCCN(Cc3nnc(Cc4ccccc4)o3)CC2)cc1. The molecule has 3 aromatic rings. The minimum Gasteiger partial charge on any atom is -0.424 e. The van der Waals surface area contributed by atoms with Crippen LogP contribution >= 0.6 is 0 Å². The van der Waals surface area contributed by atoms with Crippen LogP contribution in [0.5, 0.6) is 0 Å². The Balaban J connectivity index is 1.33. The predicted molar refractivity (Wildman–Crippen MR) is 102 cm³/mol. The first kappa shape index (κ1) is 17.7. The van der Waals surface area contributed by atoms with Crippen LogP contribution in [0, 0.1) is 5.82 Å². The maximum Gasteiger partial charge on any atom is 0.230 e.